The standard InChI is InChI=1S/C13H17N3S/c1-10-4-3-5-12(15-10)8-14-7-6-13-9-17-11(2)16-13/h3-5,9,14H,6-8H2,1-2H3. The van der Waals surface area contributed by atoms with Crippen LogP contribution in [0.15, 0.2) is 23.6 Å². The molecule has 17 heavy (non-hydrogen) atoms. The number of rotatable bonds is 5. The molecule has 2 heterocycles. The Morgan fingerprint density at radius 2 is 2.06 bits per heavy atom. The molecule has 0 amide bonds. The van der Waals surface area contributed by atoms with E-state index in [0.717, 1.165) is 35.9 Å². The molecule has 90 valence electrons. The Kier molecular flexibility index (Phi) is 4.23. The molecule has 0 fully saturated rings. The molecule has 2 aromatic rings. The highest BCUT2D eigenvalue weighted by molar-refractivity contribution is 7.09. The van der Waals surface area contributed by atoms with Gasteiger partial charge >= 0.3 is 0 Å². The highest BCUT2D eigenvalue weighted by Gasteiger charge is 1.98. The second-order valence-corrected chi connectivity index (χ2v) is 5.12. The third-order valence-corrected chi connectivity index (χ3v) is 3.30. The molecule has 0 aliphatic rings. The zero-order chi connectivity index (χ0) is 12.1. The monoisotopic (exact) mass is 247 g/mol. The minimum absolute atomic E-state index is 0.824. The van der Waals surface area contributed by atoms with Crippen LogP contribution in [-0.4, -0.2) is 16.5 Å². The lowest BCUT2D eigenvalue weighted by atomic mass is 10.3. The van der Waals surface area contributed by atoms with Gasteiger partial charge in [0, 0.05) is 30.6 Å². The van der Waals surface area contributed by atoms with Gasteiger partial charge in [-0.05, 0) is 26.0 Å². The Morgan fingerprint density at radius 3 is 2.76 bits per heavy atom. The zero-order valence-electron chi connectivity index (χ0n) is 10.2. The van der Waals surface area contributed by atoms with E-state index in [1.165, 1.54) is 5.69 Å². The average molecular weight is 247 g/mol. The molecule has 2 aromatic heterocycles. The molecule has 0 aliphatic heterocycles. The van der Waals surface area contributed by atoms with Crippen LogP contribution in [0.4, 0.5) is 0 Å². The SMILES string of the molecule is Cc1cccc(CNCCc2csc(C)n2)n1. The summed E-state index contributed by atoms with van der Waals surface area (Å²) in [6, 6.07) is 6.11. The van der Waals surface area contributed by atoms with Gasteiger partial charge in [-0.15, -0.1) is 11.3 Å². The molecule has 4 heteroatoms. The number of aryl methyl sites for hydroxylation is 2. The summed E-state index contributed by atoms with van der Waals surface area (Å²) < 4.78 is 0. The maximum absolute atomic E-state index is 4.45. The molecule has 0 atom stereocenters. The van der Waals surface area contributed by atoms with Gasteiger partial charge in [0.05, 0.1) is 16.4 Å². The summed E-state index contributed by atoms with van der Waals surface area (Å²) in [5.41, 5.74) is 3.34. The van der Waals surface area contributed by atoms with Gasteiger partial charge in [-0.3, -0.25) is 4.98 Å². The Bertz CT molecular complexity index is 479. The van der Waals surface area contributed by atoms with Gasteiger partial charge in [0.1, 0.15) is 0 Å². The highest BCUT2D eigenvalue weighted by Crippen LogP contribution is 2.07. The molecular formula is C13H17N3S. The van der Waals surface area contributed by atoms with Gasteiger partial charge in [-0.1, -0.05) is 6.07 Å². The van der Waals surface area contributed by atoms with Crippen molar-refractivity contribution in [3.05, 3.63) is 45.7 Å². The number of hydrogen-bond acceptors (Lipinski definition) is 4. The fourth-order valence-corrected chi connectivity index (χ4v) is 2.30. The predicted octanol–water partition coefficient (Wildman–Crippen LogP) is 2.49. The van der Waals surface area contributed by atoms with Crippen molar-refractivity contribution in [3.63, 3.8) is 0 Å². The molecule has 0 spiro atoms. The molecule has 0 unspecified atom stereocenters. The van der Waals surface area contributed by atoms with Gasteiger partial charge in [0.2, 0.25) is 0 Å². The quantitative estimate of drug-likeness (QED) is 0.825. The van der Waals surface area contributed by atoms with Gasteiger partial charge in [0.15, 0.2) is 0 Å². The molecule has 3 nitrogen and oxygen atoms in total. The molecular weight excluding hydrogens is 230 g/mol. The lowest BCUT2D eigenvalue weighted by molar-refractivity contribution is 0.668. The summed E-state index contributed by atoms with van der Waals surface area (Å²) in [6.07, 6.45) is 0.982. The molecule has 2 rings (SSSR count). The lowest BCUT2D eigenvalue weighted by Crippen LogP contribution is -2.17. The van der Waals surface area contributed by atoms with Crippen molar-refractivity contribution in [2.45, 2.75) is 26.8 Å². The van der Waals surface area contributed by atoms with Gasteiger partial charge < -0.3 is 5.32 Å². The third kappa shape index (κ3) is 3.91. The van der Waals surface area contributed by atoms with Crippen molar-refractivity contribution in [2.75, 3.05) is 6.54 Å². The number of pyridine rings is 1. The predicted molar refractivity (Wildman–Crippen MR) is 71.2 cm³/mol. The third-order valence-electron chi connectivity index (χ3n) is 2.48. The van der Waals surface area contributed by atoms with E-state index in [0.29, 0.717) is 0 Å². The van der Waals surface area contributed by atoms with Crippen LogP contribution in [-0.2, 0) is 13.0 Å². The van der Waals surface area contributed by atoms with Gasteiger partial charge in [-0.2, -0.15) is 0 Å². The molecule has 0 bridgehead atoms. The van der Waals surface area contributed by atoms with E-state index in [1.807, 2.05) is 32.0 Å². The number of nitrogens with zero attached hydrogens (tertiary/aromatic N) is 2. The second kappa shape index (κ2) is 5.89. The second-order valence-electron chi connectivity index (χ2n) is 4.05. The molecule has 0 saturated carbocycles. The summed E-state index contributed by atoms with van der Waals surface area (Å²) in [7, 11) is 0. The molecule has 1 N–H and O–H groups in total. The van der Waals surface area contributed by atoms with E-state index in [-0.39, 0.29) is 0 Å². The minimum Gasteiger partial charge on any atom is -0.311 e. The Labute approximate surface area is 106 Å². The van der Waals surface area contributed by atoms with E-state index < -0.39 is 0 Å². The molecule has 0 radical (unpaired) electrons. The van der Waals surface area contributed by atoms with Crippen LogP contribution in [0, 0.1) is 13.8 Å². The molecule has 0 aromatic carbocycles. The normalized spacial score (nSPS) is 10.7. The number of aromatic nitrogens is 2. The summed E-state index contributed by atoms with van der Waals surface area (Å²) >= 11 is 1.71. The van der Waals surface area contributed by atoms with E-state index in [4.69, 9.17) is 0 Å². The Hall–Kier alpha value is -1.26. The van der Waals surface area contributed by atoms with Crippen molar-refractivity contribution >= 4 is 11.3 Å². The summed E-state index contributed by atoms with van der Waals surface area (Å²) in [4.78, 5) is 8.88. The first-order chi connectivity index (χ1) is 8.24. The van der Waals surface area contributed by atoms with Crippen molar-refractivity contribution < 1.29 is 0 Å². The summed E-state index contributed by atoms with van der Waals surface area (Å²) in [5, 5.41) is 6.65. The van der Waals surface area contributed by atoms with Crippen molar-refractivity contribution in [2.24, 2.45) is 0 Å². The van der Waals surface area contributed by atoms with E-state index >= 15 is 0 Å². The zero-order valence-corrected chi connectivity index (χ0v) is 11.0. The number of hydrogen-bond donors (Lipinski definition) is 1. The summed E-state index contributed by atoms with van der Waals surface area (Å²) in [6.45, 7) is 5.82. The van der Waals surface area contributed by atoms with Gasteiger partial charge in [-0.25, -0.2) is 4.98 Å². The van der Waals surface area contributed by atoms with Crippen LogP contribution in [0.2, 0.25) is 0 Å². The summed E-state index contributed by atoms with van der Waals surface area (Å²) in [5.74, 6) is 0. The Morgan fingerprint density at radius 1 is 1.18 bits per heavy atom. The molecule has 0 saturated heterocycles. The van der Waals surface area contributed by atoms with E-state index in [2.05, 4.69) is 20.7 Å². The fourth-order valence-electron chi connectivity index (χ4n) is 1.65. The number of thiazole rings is 1. The first kappa shape index (κ1) is 12.2. The van der Waals surface area contributed by atoms with Crippen LogP contribution in [0.5, 0.6) is 0 Å². The van der Waals surface area contributed by atoms with Crippen molar-refractivity contribution in [1.82, 2.24) is 15.3 Å². The minimum atomic E-state index is 0.824. The molecule has 0 aliphatic carbocycles. The lowest BCUT2D eigenvalue weighted by Gasteiger charge is -2.03. The topological polar surface area (TPSA) is 37.8 Å². The maximum atomic E-state index is 4.45. The maximum Gasteiger partial charge on any atom is 0.0897 e. The highest BCUT2D eigenvalue weighted by atomic mass is 32.1. The van der Waals surface area contributed by atoms with E-state index in [9.17, 15) is 0 Å². The van der Waals surface area contributed by atoms with Crippen LogP contribution in [0.1, 0.15) is 22.1 Å². The van der Waals surface area contributed by atoms with Crippen LogP contribution in [0.3, 0.4) is 0 Å². The first-order valence-electron chi connectivity index (χ1n) is 5.78. The Balaban J connectivity index is 1.73. The smallest absolute Gasteiger partial charge is 0.0897 e. The van der Waals surface area contributed by atoms with Crippen molar-refractivity contribution in [1.29, 1.82) is 0 Å². The average Bonchev–Trinajstić information content (AvgIpc) is 2.71. The number of nitrogens with one attached hydrogen (secondary N) is 1. The first-order valence-corrected chi connectivity index (χ1v) is 6.66. The van der Waals surface area contributed by atoms with Crippen LogP contribution in [0.25, 0.3) is 0 Å². The van der Waals surface area contributed by atoms with Crippen LogP contribution < -0.4 is 5.32 Å². The fraction of sp³-hybridized carbons (Fsp3) is 0.385. The largest absolute Gasteiger partial charge is 0.311 e. The van der Waals surface area contributed by atoms with Crippen molar-refractivity contribution in [3.8, 4) is 0 Å². The van der Waals surface area contributed by atoms with Gasteiger partial charge in [0.25, 0.3) is 0 Å². The van der Waals surface area contributed by atoms with Crippen LogP contribution >= 0.6 is 11.3 Å². The van der Waals surface area contributed by atoms with E-state index in [1.54, 1.807) is 11.3 Å².